The van der Waals surface area contributed by atoms with E-state index in [1.807, 2.05) is 23.6 Å². The molecule has 0 aliphatic rings. The first-order valence-electron chi connectivity index (χ1n) is 7.88. The molecule has 1 amide bonds. The summed E-state index contributed by atoms with van der Waals surface area (Å²) in [6, 6.07) is 12.2. The first-order valence-corrected chi connectivity index (χ1v) is 8.76. The molecule has 0 aliphatic carbocycles. The Kier molecular flexibility index (Phi) is 5.33. The quantitative estimate of drug-likeness (QED) is 0.750. The summed E-state index contributed by atoms with van der Waals surface area (Å²) in [5.41, 5.74) is 4.26. The van der Waals surface area contributed by atoms with Crippen LogP contribution in [0.15, 0.2) is 54.2 Å². The average Bonchev–Trinajstić information content (AvgIpc) is 3.04. The number of pyridine rings is 1. The van der Waals surface area contributed by atoms with Crippen LogP contribution in [0.2, 0.25) is 0 Å². The maximum absolute atomic E-state index is 12.1. The first kappa shape index (κ1) is 16.3. The van der Waals surface area contributed by atoms with E-state index < -0.39 is 0 Å². The molecule has 24 heavy (non-hydrogen) atoms. The van der Waals surface area contributed by atoms with Crippen molar-refractivity contribution in [3.8, 4) is 10.6 Å². The third-order valence-electron chi connectivity index (χ3n) is 3.62. The Morgan fingerprint density at radius 3 is 2.96 bits per heavy atom. The van der Waals surface area contributed by atoms with Crippen LogP contribution < -0.4 is 5.32 Å². The van der Waals surface area contributed by atoms with E-state index in [9.17, 15) is 4.79 Å². The number of carbonyl (C=O) groups is 1. The van der Waals surface area contributed by atoms with Gasteiger partial charge < -0.3 is 5.32 Å². The summed E-state index contributed by atoms with van der Waals surface area (Å²) in [4.78, 5) is 20.7. The molecule has 0 bridgehead atoms. The Hall–Kier alpha value is -2.53. The smallest absolute Gasteiger partial charge is 0.226 e. The van der Waals surface area contributed by atoms with Crippen LogP contribution in [0.1, 0.15) is 16.8 Å². The highest BCUT2D eigenvalue weighted by molar-refractivity contribution is 7.13. The zero-order chi connectivity index (χ0) is 16.8. The Balaban J connectivity index is 1.49. The zero-order valence-electron chi connectivity index (χ0n) is 13.5. The van der Waals surface area contributed by atoms with Crippen LogP contribution in [-0.4, -0.2) is 22.4 Å². The molecule has 0 saturated heterocycles. The predicted molar refractivity (Wildman–Crippen MR) is 96.9 cm³/mol. The van der Waals surface area contributed by atoms with Gasteiger partial charge in [0.1, 0.15) is 5.01 Å². The van der Waals surface area contributed by atoms with Gasteiger partial charge in [-0.1, -0.05) is 29.8 Å². The first-order chi connectivity index (χ1) is 11.7. The Morgan fingerprint density at radius 2 is 2.17 bits per heavy atom. The fraction of sp³-hybridized carbons (Fsp3) is 0.211. The van der Waals surface area contributed by atoms with E-state index in [2.05, 4.69) is 40.4 Å². The van der Waals surface area contributed by atoms with Crippen molar-refractivity contribution in [2.24, 2.45) is 0 Å². The molecule has 3 rings (SSSR count). The van der Waals surface area contributed by atoms with E-state index in [1.54, 1.807) is 12.4 Å². The van der Waals surface area contributed by atoms with Crippen LogP contribution in [0.3, 0.4) is 0 Å². The molecule has 1 N–H and O–H groups in total. The van der Waals surface area contributed by atoms with Gasteiger partial charge in [-0.3, -0.25) is 9.78 Å². The highest BCUT2D eigenvalue weighted by Crippen LogP contribution is 2.22. The molecule has 0 saturated carbocycles. The summed E-state index contributed by atoms with van der Waals surface area (Å²) < 4.78 is 0. The third-order valence-corrected chi connectivity index (χ3v) is 4.56. The molecular formula is C19H19N3OS. The summed E-state index contributed by atoms with van der Waals surface area (Å²) in [5.74, 6) is 0.00527. The largest absolute Gasteiger partial charge is 0.355 e. The lowest BCUT2D eigenvalue weighted by atomic mass is 10.1. The van der Waals surface area contributed by atoms with Crippen molar-refractivity contribution in [3.05, 3.63) is 71.0 Å². The lowest BCUT2D eigenvalue weighted by Gasteiger charge is -2.05. The topological polar surface area (TPSA) is 54.9 Å². The number of aromatic nitrogens is 2. The fourth-order valence-electron chi connectivity index (χ4n) is 2.45. The summed E-state index contributed by atoms with van der Waals surface area (Å²) in [6.07, 6.45) is 4.67. The summed E-state index contributed by atoms with van der Waals surface area (Å²) in [7, 11) is 0. The molecule has 1 aromatic carbocycles. The van der Waals surface area contributed by atoms with Crippen molar-refractivity contribution in [2.75, 3.05) is 6.54 Å². The van der Waals surface area contributed by atoms with Gasteiger partial charge in [-0.05, 0) is 31.0 Å². The van der Waals surface area contributed by atoms with Gasteiger partial charge in [0, 0.05) is 29.9 Å². The zero-order valence-corrected chi connectivity index (χ0v) is 14.3. The number of hydrogen-bond donors (Lipinski definition) is 1. The van der Waals surface area contributed by atoms with E-state index >= 15 is 0 Å². The van der Waals surface area contributed by atoms with E-state index in [4.69, 9.17) is 0 Å². The molecule has 0 fully saturated rings. The molecular weight excluding hydrogens is 318 g/mol. The number of nitrogens with zero attached hydrogens (tertiary/aromatic N) is 2. The van der Waals surface area contributed by atoms with E-state index in [1.165, 1.54) is 22.5 Å². The number of thiazole rings is 1. The number of nitrogens with one attached hydrogen (secondary N) is 1. The van der Waals surface area contributed by atoms with Crippen molar-refractivity contribution in [1.29, 1.82) is 0 Å². The van der Waals surface area contributed by atoms with Gasteiger partial charge in [0.05, 0.1) is 12.1 Å². The second-order valence-electron chi connectivity index (χ2n) is 5.65. The summed E-state index contributed by atoms with van der Waals surface area (Å²) in [5, 5.41) is 5.79. The van der Waals surface area contributed by atoms with Crippen molar-refractivity contribution in [1.82, 2.24) is 15.3 Å². The Labute approximate surface area is 145 Å². The predicted octanol–water partition coefficient (Wildman–Crippen LogP) is 3.41. The second-order valence-corrected chi connectivity index (χ2v) is 6.51. The van der Waals surface area contributed by atoms with Crippen LogP contribution in [0.5, 0.6) is 0 Å². The molecule has 122 valence electrons. The third kappa shape index (κ3) is 4.49. The number of amides is 1. The lowest BCUT2D eigenvalue weighted by molar-refractivity contribution is -0.120. The number of carbonyl (C=O) groups excluding carboxylic acids is 1. The maximum Gasteiger partial charge on any atom is 0.226 e. The SMILES string of the molecule is Cc1cccc(CCNC(=O)Cc2csc(-c3cccnc3)n2)c1. The summed E-state index contributed by atoms with van der Waals surface area (Å²) >= 11 is 1.54. The van der Waals surface area contributed by atoms with Crippen molar-refractivity contribution in [3.63, 3.8) is 0 Å². The van der Waals surface area contributed by atoms with Gasteiger partial charge in [-0.25, -0.2) is 4.98 Å². The van der Waals surface area contributed by atoms with Crippen molar-refractivity contribution >= 4 is 17.2 Å². The maximum atomic E-state index is 12.1. The average molecular weight is 337 g/mol. The van der Waals surface area contributed by atoms with Crippen molar-refractivity contribution < 1.29 is 4.79 Å². The standard InChI is InChI=1S/C19H19N3OS/c1-14-4-2-5-15(10-14)7-9-21-18(23)11-17-13-24-19(22-17)16-6-3-8-20-12-16/h2-6,8,10,12-13H,7,9,11H2,1H3,(H,21,23). The van der Waals surface area contributed by atoms with Gasteiger partial charge in [0.2, 0.25) is 5.91 Å². The van der Waals surface area contributed by atoms with Crippen LogP contribution in [-0.2, 0) is 17.6 Å². The van der Waals surface area contributed by atoms with Crippen molar-refractivity contribution in [2.45, 2.75) is 19.8 Å². The summed E-state index contributed by atoms with van der Waals surface area (Å²) in [6.45, 7) is 2.71. The molecule has 2 aromatic heterocycles. The van der Waals surface area contributed by atoms with E-state index in [0.717, 1.165) is 22.7 Å². The Bertz CT molecular complexity index is 814. The lowest BCUT2D eigenvalue weighted by Crippen LogP contribution is -2.27. The normalized spacial score (nSPS) is 10.5. The molecule has 0 atom stereocenters. The number of benzene rings is 1. The molecule has 0 unspecified atom stereocenters. The fourth-order valence-corrected chi connectivity index (χ4v) is 3.26. The molecule has 2 heterocycles. The van der Waals surface area contributed by atoms with Crippen LogP contribution in [0.4, 0.5) is 0 Å². The molecule has 5 heteroatoms. The van der Waals surface area contributed by atoms with Crippen LogP contribution in [0, 0.1) is 6.92 Å². The van der Waals surface area contributed by atoms with Gasteiger partial charge in [0.15, 0.2) is 0 Å². The van der Waals surface area contributed by atoms with E-state index in [-0.39, 0.29) is 5.91 Å². The molecule has 3 aromatic rings. The monoisotopic (exact) mass is 337 g/mol. The molecule has 0 spiro atoms. The van der Waals surface area contributed by atoms with Crippen LogP contribution in [0.25, 0.3) is 10.6 Å². The molecule has 4 nitrogen and oxygen atoms in total. The highest BCUT2D eigenvalue weighted by Gasteiger charge is 2.09. The molecule has 0 radical (unpaired) electrons. The van der Waals surface area contributed by atoms with Gasteiger partial charge in [0.25, 0.3) is 0 Å². The number of hydrogen-bond acceptors (Lipinski definition) is 4. The minimum atomic E-state index is 0.00527. The Morgan fingerprint density at radius 1 is 1.25 bits per heavy atom. The highest BCUT2D eigenvalue weighted by atomic mass is 32.1. The van der Waals surface area contributed by atoms with Gasteiger partial charge in [-0.15, -0.1) is 11.3 Å². The number of aryl methyl sites for hydroxylation is 1. The number of rotatable bonds is 6. The second kappa shape index (κ2) is 7.84. The minimum Gasteiger partial charge on any atom is -0.355 e. The van der Waals surface area contributed by atoms with Gasteiger partial charge in [-0.2, -0.15) is 0 Å². The van der Waals surface area contributed by atoms with Gasteiger partial charge >= 0.3 is 0 Å². The van der Waals surface area contributed by atoms with E-state index in [0.29, 0.717) is 13.0 Å². The molecule has 0 aliphatic heterocycles. The minimum absolute atomic E-state index is 0.00527. The van der Waals surface area contributed by atoms with Crippen LogP contribution >= 0.6 is 11.3 Å².